The van der Waals surface area contributed by atoms with Crippen LogP contribution in [0.1, 0.15) is 57.1 Å². The Labute approximate surface area is 126 Å². The molecule has 0 bridgehead atoms. The average Bonchev–Trinajstić information content (AvgIpc) is 2.85. The number of carboxylic acids is 1. The van der Waals surface area contributed by atoms with Crippen molar-refractivity contribution >= 4 is 16.0 Å². The Kier molecular flexibility index (Phi) is 5.98. The van der Waals surface area contributed by atoms with Crippen LogP contribution >= 0.6 is 0 Å². The van der Waals surface area contributed by atoms with Gasteiger partial charge in [0.2, 0.25) is 10.0 Å². The van der Waals surface area contributed by atoms with Gasteiger partial charge in [0, 0.05) is 25.3 Å². The molecular weight excluding hydrogens is 292 g/mol. The fraction of sp³-hybridized carbons (Fsp3) is 0.643. The fourth-order valence-corrected chi connectivity index (χ4v) is 3.64. The van der Waals surface area contributed by atoms with E-state index in [1.807, 2.05) is 20.8 Å². The van der Waals surface area contributed by atoms with E-state index in [9.17, 15) is 18.3 Å². The van der Waals surface area contributed by atoms with Crippen LogP contribution in [-0.2, 0) is 10.0 Å². The first-order valence-corrected chi connectivity index (χ1v) is 8.65. The van der Waals surface area contributed by atoms with Gasteiger partial charge in [-0.3, -0.25) is 0 Å². The average molecular weight is 316 g/mol. The van der Waals surface area contributed by atoms with Gasteiger partial charge in [-0.1, -0.05) is 20.3 Å². The first kappa shape index (κ1) is 17.7. The molecule has 0 aliphatic rings. The number of unbranched alkanes of at least 4 members (excludes halogenated alkanes) is 1. The standard InChI is InChI=1S/C14H24N2O4S/c1-5-7-8-15(6-2)21(19,20)12-9-13(14(17)18)16(10-12)11(3)4/h9-11H,5-8H2,1-4H3,(H,17,18). The van der Waals surface area contributed by atoms with Crippen LogP contribution in [-0.4, -0.2) is 41.5 Å². The highest BCUT2D eigenvalue weighted by atomic mass is 32.2. The molecule has 7 heteroatoms. The summed E-state index contributed by atoms with van der Waals surface area (Å²) in [4.78, 5) is 11.3. The number of carbonyl (C=O) groups is 1. The van der Waals surface area contributed by atoms with E-state index in [-0.39, 0.29) is 16.6 Å². The SMILES string of the molecule is CCCCN(CC)S(=O)(=O)c1cc(C(=O)O)n(C(C)C)c1. The monoisotopic (exact) mass is 316 g/mol. The van der Waals surface area contributed by atoms with E-state index in [1.165, 1.54) is 21.1 Å². The van der Waals surface area contributed by atoms with Gasteiger partial charge in [-0.2, -0.15) is 4.31 Å². The first-order chi connectivity index (χ1) is 9.75. The second-order valence-corrected chi connectivity index (χ2v) is 7.16. The zero-order chi connectivity index (χ0) is 16.2. The molecule has 21 heavy (non-hydrogen) atoms. The van der Waals surface area contributed by atoms with Gasteiger partial charge in [-0.15, -0.1) is 0 Å². The summed E-state index contributed by atoms with van der Waals surface area (Å²) in [6, 6.07) is 1.12. The number of carboxylic acid groups (broad SMARTS) is 1. The Hall–Kier alpha value is -1.34. The molecule has 6 nitrogen and oxygen atoms in total. The number of rotatable bonds is 8. The molecule has 1 aromatic rings. The van der Waals surface area contributed by atoms with Gasteiger partial charge in [0.15, 0.2) is 0 Å². The molecule has 0 atom stereocenters. The molecule has 0 spiro atoms. The second-order valence-electron chi connectivity index (χ2n) is 5.22. The maximum Gasteiger partial charge on any atom is 0.352 e. The predicted molar refractivity (Wildman–Crippen MR) is 81.1 cm³/mol. The predicted octanol–water partition coefficient (Wildman–Crippen LogP) is 2.58. The van der Waals surface area contributed by atoms with Gasteiger partial charge in [0.05, 0.1) is 0 Å². The smallest absolute Gasteiger partial charge is 0.352 e. The van der Waals surface area contributed by atoms with Crippen molar-refractivity contribution in [1.82, 2.24) is 8.87 Å². The third kappa shape index (κ3) is 3.85. The number of aromatic carboxylic acids is 1. The summed E-state index contributed by atoms with van der Waals surface area (Å²) in [6.45, 7) is 8.24. The molecule has 1 heterocycles. The van der Waals surface area contributed by atoms with Crippen molar-refractivity contribution in [1.29, 1.82) is 0 Å². The largest absolute Gasteiger partial charge is 0.477 e. The van der Waals surface area contributed by atoms with Crippen molar-refractivity contribution in [3.63, 3.8) is 0 Å². The summed E-state index contributed by atoms with van der Waals surface area (Å²) in [7, 11) is -3.64. The summed E-state index contributed by atoms with van der Waals surface area (Å²) < 4.78 is 28.1. The van der Waals surface area contributed by atoms with Gasteiger partial charge in [-0.25, -0.2) is 13.2 Å². The van der Waals surface area contributed by atoms with Gasteiger partial charge < -0.3 is 9.67 Å². The first-order valence-electron chi connectivity index (χ1n) is 7.21. The Morgan fingerprint density at radius 3 is 2.38 bits per heavy atom. The van der Waals surface area contributed by atoms with Crippen LogP contribution in [0.5, 0.6) is 0 Å². The highest BCUT2D eigenvalue weighted by molar-refractivity contribution is 7.89. The van der Waals surface area contributed by atoms with Crippen LogP contribution in [0.15, 0.2) is 17.2 Å². The van der Waals surface area contributed by atoms with Crippen LogP contribution in [0, 0.1) is 0 Å². The Morgan fingerprint density at radius 1 is 1.38 bits per heavy atom. The Balaban J connectivity index is 3.25. The summed E-state index contributed by atoms with van der Waals surface area (Å²) in [6.07, 6.45) is 3.10. The van der Waals surface area contributed by atoms with E-state index in [0.29, 0.717) is 13.1 Å². The molecule has 0 saturated carbocycles. The van der Waals surface area contributed by atoms with E-state index >= 15 is 0 Å². The van der Waals surface area contributed by atoms with Crippen molar-refractivity contribution in [2.24, 2.45) is 0 Å². The quantitative estimate of drug-likeness (QED) is 0.799. The maximum atomic E-state index is 12.6. The number of aromatic nitrogens is 1. The highest BCUT2D eigenvalue weighted by Gasteiger charge is 2.27. The van der Waals surface area contributed by atoms with Gasteiger partial charge in [0.25, 0.3) is 0 Å². The third-order valence-electron chi connectivity index (χ3n) is 3.35. The minimum absolute atomic E-state index is 0.00452. The molecule has 1 aromatic heterocycles. The third-order valence-corrected chi connectivity index (χ3v) is 5.29. The summed E-state index contributed by atoms with van der Waals surface area (Å²) in [5, 5.41) is 9.20. The molecule has 120 valence electrons. The highest BCUT2D eigenvalue weighted by Crippen LogP contribution is 2.22. The summed E-state index contributed by atoms with van der Waals surface area (Å²) >= 11 is 0. The van der Waals surface area contributed by atoms with Crippen molar-refractivity contribution in [3.05, 3.63) is 18.0 Å². The lowest BCUT2D eigenvalue weighted by Crippen LogP contribution is -2.31. The molecule has 0 aliphatic heterocycles. The normalized spacial score (nSPS) is 12.3. The molecule has 0 radical (unpaired) electrons. The topological polar surface area (TPSA) is 79.6 Å². The van der Waals surface area contributed by atoms with E-state index in [1.54, 1.807) is 6.92 Å². The molecule has 0 fully saturated rings. The number of hydrogen-bond donors (Lipinski definition) is 1. The number of sulfonamides is 1. The van der Waals surface area contributed by atoms with E-state index < -0.39 is 16.0 Å². The summed E-state index contributed by atoms with van der Waals surface area (Å²) in [5.74, 6) is -1.12. The number of nitrogens with zero attached hydrogens (tertiary/aromatic N) is 2. The summed E-state index contributed by atoms with van der Waals surface area (Å²) in [5.41, 5.74) is -0.00452. The van der Waals surface area contributed by atoms with Crippen LogP contribution in [0.3, 0.4) is 0 Å². The molecule has 0 amide bonds. The molecular formula is C14H24N2O4S. The van der Waals surface area contributed by atoms with E-state index in [4.69, 9.17) is 0 Å². The molecule has 0 saturated heterocycles. The lowest BCUT2D eigenvalue weighted by Gasteiger charge is -2.19. The van der Waals surface area contributed by atoms with Gasteiger partial charge in [0.1, 0.15) is 10.6 Å². The minimum Gasteiger partial charge on any atom is -0.477 e. The van der Waals surface area contributed by atoms with Crippen LogP contribution in [0.2, 0.25) is 0 Å². The lowest BCUT2D eigenvalue weighted by atomic mass is 10.3. The van der Waals surface area contributed by atoms with Crippen LogP contribution in [0.25, 0.3) is 0 Å². The van der Waals surface area contributed by atoms with Crippen molar-refractivity contribution < 1.29 is 18.3 Å². The molecule has 1 N–H and O–H groups in total. The van der Waals surface area contributed by atoms with Gasteiger partial charge >= 0.3 is 5.97 Å². The molecule has 1 rings (SSSR count). The maximum absolute atomic E-state index is 12.6. The van der Waals surface area contributed by atoms with Crippen molar-refractivity contribution in [3.8, 4) is 0 Å². The van der Waals surface area contributed by atoms with Crippen LogP contribution in [0.4, 0.5) is 0 Å². The zero-order valence-electron chi connectivity index (χ0n) is 13.0. The molecule has 0 aromatic carbocycles. The molecule has 0 aliphatic carbocycles. The minimum atomic E-state index is -3.64. The van der Waals surface area contributed by atoms with Crippen molar-refractivity contribution in [2.45, 2.75) is 51.5 Å². The van der Waals surface area contributed by atoms with E-state index in [0.717, 1.165) is 12.8 Å². The number of hydrogen-bond acceptors (Lipinski definition) is 3. The van der Waals surface area contributed by atoms with E-state index in [2.05, 4.69) is 0 Å². The Bertz CT molecular complexity index is 590. The molecule has 0 unspecified atom stereocenters. The second kappa shape index (κ2) is 7.09. The van der Waals surface area contributed by atoms with Crippen molar-refractivity contribution in [2.75, 3.05) is 13.1 Å². The Morgan fingerprint density at radius 2 is 2.00 bits per heavy atom. The lowest BCUT2D eigenvalue weighted by molar-refractivity contribution is 0.0683. The fourth-order valence-electron chi connectivity index (χ4n) is 2.13. The zero-order valence-corrected chi connectivity index (χ0v) is 13.9. The van der Waals surface area contributed by atoms with Gasteiger partial charge in [-0.05, 0) is 26.3 Å². The van der Waals surface area contributed by atoms with Crippen LogP contribution < -0.4 is 0 Å².